The molecule has 0 bridgehead atoms. The molecule has 1 aliphatic rings. The lowest BCUT2D eigenvalue weighted by molar-refractivity contribution is 0.332. The van der Waals surface area contributed by atoms with Gasteiger partial charge in [-0.1, -0.05) is 167 Å². The highest BCUT2D eigenvalue weighted by molar-refractivity contribution is 6.08. The molecule has 0 aliphatic heterocycles. The summed E-state index contributed by atoms with van der Waals surface area (Å²) >= 11 is 0. The molecule has 0 radical (unpaired) electrons. The maximum atomic E-state index is 5.10. The molecule has 1 heterocycles. The molecule has 0 saturated heterocycles. The fraction of sp³-hybridized carbons (Fsp3) is 0.163. The normalized spacial score (nSPS) is 14.7. The molecule has 1 aliphatic carbocycles. The first-order valence-electron chi connectivity index (χ1n) is 18.3. The van der Waals surface area contributed by atoms with Crippen molar-refractivity contribution in [2.75, 3.05) is 0 Å². The van der Waals surface area contributed by atoms with E-state index in [0.29, 0.717) is 17.5 Å². The molecule has 0 spiro atoms. The van der Waals surface area contributed by atoms with E-state index < -0.39 is 0 Å². The summed E-state index contributed by atoms with van der Waals surface area (Å²) in [5.74, 6) is 1.98. The molecule has 0 amide bonds. The molecular weight excluding hydrogens is 631 g/mol. The average Bonchev–Trinajstić information content (AvgIpc) is 3.19. The van der Waals surface area contributed by atoms with Gasteiger partial charge in [0.15, 0.2) is 17.5 Å². The molecule has 9 rings (SSSR count). The Bertz CT molecular complexity index is 2620. The molecule has 7 aromatic carbocycles. The van der Waals surface area contributed by atoms with E-state index >= 15 is 0 Å². The Kier molecular flexibility index (Phi) is 7.62. The van der Waals surface area contributed by atoms with Crippen molar-refractivity contribution in [3.63, 3.8) is 0 Å². The minimum Gasteiger partial charge on any atom is -0.208 e. The molecule has 0 saturated carbocycles. The largest absolute Gasteiger partial charge is 0.208 e. The number of benzene rings is 7. The summed E-state index contributed by atoms with van der Waals surface area (Å²) < 4.78 is 0. The number of rotatable bonds is 5. The second-order valence-corrected chi connectivity index (χ2v) is 15.6. The maximum absolute atomic E-state index is 5.10. The Morgan fingerprint density at radius 2 is 0.827 bits per heavy atom. The van der Waals surface area contributed by atoms with Crippen LogP contribution in [0.25, 0.3) is 78.0 Å². The van der Waals surface area contributed by atoms with E-state index in [-0.39, 0.29) is 10.8 Å². The number of hydrogen-bond donors (Lipinski definition) is 0. The number of hydrogen-bond acceptors (Lipinski definition) is 3. The lowest BCUT2D eigenvalue weighted by Gasteiger charge is -2.42. The van der Waals surface area contributed by atoms with Crippen LogP contribution in [0.3, 0.4) is 0 Å². The standard InChI is InChI=1S/C49H41N3/c1-48(2)27-28-49(3,4)44-31-39(25-26-43(44)48)37-14-10-15-40(29-37)47-51-45(35-12-6-5-7-13-35)50-46(52-47)36-22-17-32(18-23-36)38-24-21-34-20-19-33-11-8-9-16-41(33)42(34)30-38/h5-26,29-31H,27-28H2,1-4H3. The quantitative estimate of drug-likeness (QED) is 0.171. The van der Waals surface area contributed by atoms with E-state index in [0.717, 1.165) is 27.8 Å². The van der Waals surface area contributed by atoms with Crippen LogP contribution in [0.5, 0.6) is 0 Å². The third-order valence-corrected chi connectivity index (χ3v) is 11.2. The molecule has 252 valence electrons. The maximum Gasteiger partial charge on any atom is 0.164 e. The van der Waals surface area contributed by atoms with Gasteiger partial charge < -0.3 is 0 Å². The highest BCUT2D eigenvalue weighted by atomic mass is 15.0. The summed E-state index contributed by atoms with van der Waals surface area (Å²) in [5.41, 5.74) is 10.9. The van der Waals surface area contributed by atoms with Gasteiger partial charge in [0, 0.05) is 16.7 Å². The first-order chi connectivity index (χ1) is 25.2. The predicted molar refractivity (Wildman–Crippen MR) is 217 cm³/mol. The van der Waals surface area contributed by atoms with Gasteiger partial charge in [-0.05, 0) is 90.7 Å². The lowest BCUT2D eigenvalue weighted by atomic mass is 9.63. The van der Waals surface area contributed by atoms with Crippen molar-refractivity contribution in [3.8, 4) is 56.4 Å². The summed E-state index contributed by atoms with van der Waals surface area (Å²) in [7, 11) is 0. The Balaban J connectivity index is 1.10. The lowest BCUT2D eigenvalue weighted by Crippen LogP contribution is -2.33. The van der Waals surface area contributed by atoms with Gasteiger partial charge in [0.1, 0.15) is 0 Å². The summed E-state index contributed by atoms with van der Waals surface area (Å²) in [6.07, 6.45) is 2.39. The van der Waals surface area contributed by atoms with Crippen molar-refractivity contribution in [1.29, 1.82) is 0 Å². The van der Waals surface area contributed by atoms with Crippen LogP contribution in [-0.4, -0.2) is 15.0 Å². The molecule has 3 nitrogen and oxygen atoms in total. The fourth-order valence-corrected chi connectivity index (χ4v) is 7.95. The smallest absolute Gasteiger partial charge is 0.164 e. The van der Waals surface area contributed by atoms with Crippen molar-refractivity contribution >= 4 is 21.5 Å². The summed E-state index contributed by atoms with van der Waals surface area (Å²) in [6.45, 7) is 9.52. The van der Waals surface area contributed by atoms with Gasteiger partial charge in [-0.3, -0.25) is 0 Å². The van der Waals surface area contributed by atoms with Crippen molar-refractivity contribution in [2.24, 2.45) is 0 Å². The van der Waals surface area contributed by atoms with Crippen LogP contribution in [0.2, 0.25) is 0 Å². The third kappa shape index (κ3) is 5.77. The minimum atomic E-state index is 0.143. The number of fused-ring (bicyclic) bond motifs is 4. The van der Waals surface area contributed by atoms with Gasteiger partial charge in [0.05, 0.1) is 0 Å². The Morgan fingerprint density at radius 1 is 0.346 bits per heavy atom. The van der Waals surface area contributed by atoms with E-state index in [4.69, 9.17) is 15.0 Å². The van der Waals surface area contributed by atoms with Gasteiger partial charge in [0.25, 0.3) is 0 Å². The molecule has 52 heavy (non-hydrogen) atoms. The van der Waals surface area contributed by atoms with Crippen LogP contribution >= 0.6 is 0 Å². The molecule has 8 aromatic rings. The van der Waals surface area contributed by atoms with Gasteiger partial charge in [-0.25, -0.2) is 15.0 Å². The summed E-state index contributed by atoms with van der Waals surface area (Å²) in [6, 6.07) is 54.2. The molecular formula is C49H41N3. The summed E-state index contributed by atoms with van der Waals surface area (Å²) in [4.78, 5) is 15.2. The van der Waals surface area contributed by atoms with Crippen molar-refractivity contribution in [1.82, 2.24) is 15.0 Å². The second-order valence-electron chi connectivity index (χ2n) is 15.6. The first-order valence-corrected chi connectivity index (χ1v) is 18.3. The van der Waals surface area contributed by atoms with Gasteiger partial charge in [-0.2, -0.15) is 0 Å². The van der Waals surface area contributed by atoms with Crippen LogP contribution in [0.1, 0.15) is 51.7 Å². The number of nitrogens with zero attached hydrogens (tertiary/aromatic N) is 3. The molecule has 0 N–H and O–H groups in total. The molecule has 0 atom stereocenters. The Morgan fingerprint density at radius 3 is 1.58 bits per heavy atom. The fourth-order valence-electron chi connectivity index (χ4n) is 7.95. The van der Waals surface area contributed by atoms with E-state index in [1.807, 2.05) is 18.2 Å². The van der Waals surface area contributed by atoms with Crippen molar-refractivity contribution < 1.29 is 0 Å². The van der Waals surface area contributed by atoms with E-state index in [1.165, 1.54) is 56.6 Å². The van der Waals surface area contributed by atoms with E-state index in [9.17, 15) is 0 Å². The van der Waals surface area contributed by atoms with Crippen molar-refractivity contribution in [2.45, 2.75) is 51.4 Å². The molecule has 1 aromatic heterocycles. The Labute approximate surface area is 306 Å². The third-order valence-electron chi connectivity index (χ3n) is 11.2. The Hall–Kier alpha value is -5.93. The van der Waals surface area contributed by atoms with Crippen molar-refractivity contribution in [3.05, 3.63) is 163 Å². The van der Waals surface area contributed by atoms with E-state index in [2.05, 4.69) is 161 Å². The zero-order chi connectivity index (χ0) is 35.5. The second kappa shape index (κ2) is 12.4. The minimum absolute atomic E-state index is 0.143. The van der Waals surface area contributed by atoms with Crippen LogP contribution in [0, 0.1) is 0 Å². The predicted octanol–water partition coefficient (Wildman–Crippen LogP) is 12.9. The summed E-state index contributed by atoms with van der Waals surface area (Å²) in [5, 5.41) is 5.03. The van der Waals surface area contributed by atoms with Gasteiger partial charge in [0.2, 0.25) is 0 Å². The molecule has 3 heteroatoms. The highest BCUT2D eigenvalue weighted by Crippen LogP contribution is 2.47. The monoisotopic (exact) mass is 671 g/mol. The van der Waals surface area contributed by atoms with Gasteiger partial charge in [-0.15, -0.1) is 0 Å². The van der Waals surface area contributed by atoms with Crippen LogP contribution in [0.4, 0.5) is 0 Å². The molecule has 0 unspecified atom stereocenters. The van der Waals surface area contributed by atoms with Gasteiger partial charge >= 0.3 is 0 Å². The zero-order valence-corrected chi connectivity index (χ0v) is 30.2. The SMILES string of the molecule is CC1(C)CCC(C)(C)c2cc(-c3cccc(-c4nc(-c5ccccc5)nc(-c5ccc(-c6ccc7ccc8ccccc8c7c6)cc5)n4)c3)ccc21. The highest BCUT2D eigenvalue weighted by Gasteiger charge is 2.37. The topological polar surface area (TPSA) is 38.7 Å². The van der Waals surface area contributed by atoms with Crippen LogP contribution in [-0.2, 0) is 10.8 Å². The van der Waals surface area contributed by atoms with E-state index in [1.54, 1.807) is 0 Å². The van der Waals surface area contributed by atoms with Crippen LogP contribution in [0.15, 0.2) is 152 Å². The molecule has 0 fully saturated rings. The first kappa shape index (κ1) is 32.0. The zero-order valence-electron chi connectivity index (χ0n) is 30.2. The number of aromatic nitrogens is 3. The van der Waals surface area contributed by atoms with Crippen LogP contribution < -0.4 is 0 Å². The average molecular weight is 672 g/mol.